The zero-order valence-corrected chi connectivity index (χ0v) is 13.1. The van der Waals surface area contributed by atoms with Crippen LogP contribution in [0.3, 0.4) is 0 Å². The Hall–Kier alpha value is -0.160. The summed E-state index contributed by atoms with van der Waals surface area (Å²) < 4.78 is 5.67. The molecule has 116 valence electrons. The number of ether oxygens (including phenoxy) is 1. The monoisotopic (exact) mass is 281 g/mol. The largest absolute Gasteiger partial charge is 0.381 e. The van der Waals surface area contributed by atoms with E-state index in [0.29, 0.717) is 5.54 Å². The van der Waals surface area contributed by atoms with E-state index in [1.165, 1.54) is 71.4 Å². The number of hydrogen-bond donors (Lipinski definition) is 1. The first-order chi connectivity index (χ1) is 9.78. The van der Waals surface area contributed by atoms with Gasteiger partial charge < -0.3 is 15.0 Å². The first-order valence-corrected chi connectivity index (χ1v) is 8.51. The molecule has 3 rings (SSSR count). The van der Waals surface area contributed by atoms with Crippen molar-refractivity contribution in [3.8, 4) is 0 Å². The maximum absolute atomic E-state index is 5.67. The Bertz CT molecular complexity index is 298. The molecule has 0 aliphatic carbocycles. The van der Waals surface area contributed by atoms with Gasteiger partial charge in [0.2, 0.25) is 0 Å². The van der Waals surface area contributed by atoms with Gasteiger partial charge >= 0.3 is 0 Å². The highest BCUT2D eigenvalue weighted by molar-refractivity contribution is 4.97. The molecule has 0 aromatic heterocycles. The summed E-state index contributed by atoms with van der Waals surface area (Å²) >= 11 is 0. The maximum Gasteiger partial charge on any atom is 0.0506 e. The highest BCUT2D eigenvalue weighted by Gasteiger charge is 2.39. The van der Waals surface area contributed by atoms with Crippen molar-refractivity contribution in [2.24, 2.45) is 5.92 Å². The summed E-state index contributed by atoms with van der Waals surface area (Å²) in [5.74, 6) is 0.769. The molecule has 1 N–H and O–H groups in total. The molecule has 20 heavy (non-hydrogen) atoms. The summed E-state index contributed by atoms with van der Waals surface area (Å²) in [7, 11) is 2.35. The Kier molecular flexibility index (Phi) is 4.97. The molecule has 4 nitrogen and oxygen atoms in total. The third-order valence-electron chi connectivity index (χ3n) is 5.60. The van der Waals surface area contributed by atoms with Crippen LogP contribution in [0.2, 0.25) is 0 Å². The van der Waals surface area contributed by atoms with E-state index in [1.807, 2.05) is 0 Å². The lowest BCUT2D eigenvalue weighted by molar-refractivity contribution is 0.0234. The second-order valence-electron chi connectivity index (χ2n) is 7.07. The Morgan fingerprint density at radius 1 is 1.20 bits per heavy atom. The molecule has 3 aliphatic heterocycles. The van der Waals surface area contributed by atoms with Crippen LogP contribution in [0, 0.1) is 5.92 Å². The molecule has 4 heteroatoms. The van der Waals surface area contributed by atoms with Gasteiger partial charge in [0.25, 0.3) is 0 Å². The average molecular weight is 281 g/mol. The quantitative estimate of drug-likeness (QED) is 0.822. The zero-order chi connectivity index (χ0) is 13.8. The molecule has 0 aromatic rings. The van der Waals surface area contributed by atoms with E-state index in [0.717, 1.165) is 19.1 Å². The van der Waals surface area contributed by atoms with Crippen LogP contribution in [-0.2, 0) is 4.74 Å². The van der Waals surface area contributed by atoms with Crippen LogP contribution in [0.4, 0.5) is 0 Å². The summed E-state index contributed by atoms with van der Waals surface area (Å²) in [6.07, 6.45) is 6.55. The molecule has 0 amide bonds. The minimum atomic E-state index is 0.428. The highest BCUT2D eigenvalue weighted by Crippen LogP contribution is 2.29. The second kappa shape index (κ2) is 6.73. The topological polar surface area (TPSA) is 27.7 Å². The summed E-state index contributed by atoms with van der Waals surface area (Å²) in [6, 6.07) is 0. The van der Waals surface area contributed by atoms with Gasteiger partial charge in [0.1, 0.15) is 0 Å². The fourth-order valence-electron chi connectivity index (χ4n) is 4.29. The molecule has 0 aromatic carbocycles. The smallest absolute Gasteiger partial charge is 0.0506 e. The number of nitrogens with zero attached hydrogens (tertiary/aromatic N) is 2. The maximum atomic E-state index is 5.67. The lowest BCUT2D eigenvalue weighted by Crippen LogP contribution is -2.57. The van der Waals surface area contributed by atoms with Crippen molar-refractivity contribution in [2.45, 2.75) is 37.6 Å². The van der Waals surface area contributed by atoms with Crippen LogP contribution in [0.25, 0.3) is 0 Å². The van der Waals surface area contributed by atoms with Crippen molar-refractivity contribution < 1.29 is 4.74 Å². The van der Waals surface area contributed by atoms with E-state index >= 15 is 0 Å². The molecule has 3 fully saturated rings. The van der Waals surface area contributed by atoms with Crippen LogP contribution >= 0.6 is 0 Å². The molecular weight excluding hydrogens is 250 g/mol. The number of rotatable bonds is 2. The van der Waals surface area contributed by atoms with Crippen molar-refractivity contribution >= 4 is 0 Å². The molecule has 3 aliphatic rings. The Morgan fingerprint density at radius 2 is 2.05 bits per heavy atom. The second-order valence-corrected chi connectivity index (χ2v) is 7.07. The lowest BCUT2D eigenvalue weighted by atomic mass is 9.86. The predicted molar refractivity (Wildman–Crippen MR) is 82.1 cm³/mol. The van der Waals surface area contributed by atoms with Crippen molar-refractivity contribution in [1.29, 1.82) is 0 Å². The number of piperidine rings is 1. The van der Waals surface area contributed by atoms with Crippen molar-refractivity contribution in [2.75, 3.05) is 59.5 Å². The van der Waals surface area contributed by atoms with Crippen molar-refractivity contribution in [3.63, 3.8) is 0 Å². The highest BCUT2D eigenvalue weighted by atomic mass is 16.5. The van der Waals surface area contributed by atoms with Gasteiger partial charge in [-0.15, -0.1) is 0 Å². The van der Waals surface area contributed by atoms with Crippen molar-refractivity contribution in [1.82, 2.24) is 15.1 Å². The van der Waals surface area contributed by atoms with E-state index in [1.54, 1.807) is 0 Å². The van der Waals surface area contributed by atoms with E-state index in [2.05, 4.69) is 22.2 Å². The van der Waals surface area contributed by atoms with Crippen LogP contribution in [0.15, 0.2) is 0 Å². The van der Waals surface area contributed by atoms with Gasteiger partial charge in [0.05, 0.1) is 6.61 Å². The third-order valence-corrected chi connectivity index (χ3v) is 5.60. The zero-order valence-electron chi connectivity index (χ0n) is 13.1. The van der Waals surface area contributed by atoms with Crippen LogP contribution in [-0.4, -0.2) is 74.9 Å². The third kappa shape index (κ3) is 3.35. The minimum Gasteiger partial charge on any atom is -0.381 e. The van der Waals surface area contributed by atoms with Crippen LogP contribution in [0.1, 0.15) is 32.1 Å². The summed E-state index contributed by atoms with van der Waals surface area (Å²) in [5.41, 5.74) is 0.428. The summed E-state index contributed by atoms with van der Waals surface area (Å²) in [4.78, 5) is 5.40. The summed E-state index contributed by atoms with van der Waals surface area (Å²) in [5, 5.41) is 3.53. The van der Waals surface area contributed by atoms with E-state index in [4.69, 9.17) is 4.74 Å². The van der Waals surface area contributed by atoms with Gasteiger partial charge in [-0.1, -0.05) is 0 Å². The molecule has 0 radical (unpaired) electrons. The van der Waals surface area contributed by atoms with Gasteiger partial charge in [-0.2, -0.15) is 0 Å². The number of likely N-dealkylation sites (N-methyl/N-ethyl adjacent to an activating group) is 1. The van der Waals surface area contributed by atoms with E-state index in [-0.39, 0.29) is 0 Å². The summed E-state index contributed by atoms with van der Waals surface area (Å²) in [6.45, 7) is 9.39. The number of nitrogens with one attached hydrogen (secondary N) is 1. The molecule has 3 saturated heterocycles. The first-order valence-electron chi connectivity index (χ1n) is 8.51. The molecule has 0 bridgehead atoms. The Balaban J connectivity index is 1.62. The van der Waals surface area contributed by atoms with E-state index in [9.17, 15) is 0 Å². The van der Waals surface area contributed by atoms with Gasteiger partial charge in [0, 0.05) is 25.2 Å². The molecule has 0 saturated carbocycles. The molecule has 1 atom stereocenters. The standard InChI is InChI=1S/C16H31N3O/c1-18-9-3-10-19(12-15-4-2-11-20-13-15)14-16(18)5-7-17-8-6-16/h15,17H,2-14H2,1H3/t15-/m1/s1. The molecular formula is C16H31N3O. The lowest BCUT2D eigenvalue weighted by Gasteiger charge is -2.46. The fourth-order valence-corrected chi connectivity index (χ4v) is 4.29. The van der Waals surface area contributed by atoms with Gasteiger partial charge in [0.15, 0.2) is 0 Å². The fraction of sp³-hybridized carbons (Fsp3) is 1.00. The van der Waals surface area contributed by atoms with E-state index < -0.39 is 0 Å². The predicted octanol–water partition coefficient (Wildman–Crippen LogP) is 1.17. The first kappa shape index (κ1) is 14.8. The normalized spacial score (nSPS) is 33.1. The Labute approximate surface area is 123 Å². The van der Waals surface area contributed by atoms with Crippen LogP contribution < -0.4 is 5.32 Å². The molecule has 3 heterocycles. The minimum absolute atomic E-state index is 0.428. The van der Waals surface area contributed by atoms with Gasteiger partial charge in [-0.05, 0) is 71.2 Å². The average Bonchev–Trinajstić information content (AvgIpc) is 2.62. The van der Waals surface area contributed by atoms with Gasteiger partial charge in [-0.25, -0.2) is 0 Å². The van der Waals surface area contributed by atoms with Gasteiger partial charge in [-0.3, -0.25) is 4.90 Å². The molecule has 0 unspecified atom stereocenters. The SMILES string of the molecule is CN1CCCN(C[C@H]2CCCOC2)CC12CCNCC2. The van der Waals surface area contributed by atoms with Crippen molar-refractivity contribution in [3.05, 3.63) is 0 Å². The number of hydrogen-bond acceptors (Lipinski definition) is 4. The molecule has 1 spiro atoms. The Morgan fingerprint density at radius 3 is 2.80 bits per heavy atom. The van der Waals surface area contributed by atoms with Crippen LogP contribution in [0.5, 0.6) is 0 Å².